The second-order valence-corrected chi connectivity index (χ2v) is 10.5. The highest BCUT2D eigenvalue weighted by Gasteiger charge is 2.56. The highest BCUT2D eigenvalue weighted by molar-refractivity contribution is 5.99. The van der Waals surface area contributed by atoms with Crippen molar-refractivity contribution < 1.29 is 9.59 Å². The normalized spacial score (nSPS) is 33.0. The Hall–Kier alpha value is -2.77. The van der Waals surface area contributed by atoms with Crippen LogP contribution < -0.4 is 5.32 Å². The quantitative estimate of drug-likeness (QED) is 0.798. The topological polar surface area (TPSA) is 93.0 Å². The maximum atomic E-state index is 13.9. The summed E-state index contributed by atoms with van der Waals surface area (Å²) >= 11 is 0. The number of likely N-dealkylation sites (tertiary alicyclic amines) is 1. The summed E-state index contributed by atoms with van der Waals surface area (Å²) in [6.07, 6.45) is 10.2. The standard InChI is InChI=1S/C24H30N6O2/c1-15-19(4-2-5-20(15)30-14-25-27-28-30)26-22(31)21-6-3-7-29(21)23(32)24-11-16-8-17(12-24)10-18(9-16)13-24/h2,4-5,14,16-18,21H,3,6-13H2,1H3,(H,26,31)/t16?,17?,18?,21-,24?/m1/s1. The fourth-order valence-corrected chi connectivity index (χ4v) is 7.45. The van der Waals surface area contributed by atoms with Crippen LogP contribution in [-0.4, -0.2) is 49.5 Å². The van der Waals surface area contributed by atoms with Crippen molar-refractivity contribution in [3.05, 3.63) is 30.1 Å². The predicted octanol–water partition coefficient (Wildman–Crippen LogP) is 3.12. The maximum absolute atomic E-state index is 13.9. The van der Waals surface area contributed by atoms with Gasteiger partial charge in [0.05, 0.1) is 11.1 Å². The molecule has 0 unspecified atom stereocenters. The van der Waals surface area contributed by atoms with E-state index in [-0.39, 0.29) is 23.3 Å². The highest BCUT2D eigenvalue weighted by Crippen LogP contribution is 2.60. The number of hydrogen-bond donors (Lipinski definition) is 1. The average molecular weight is 435 g/mol. The number of tetrazole rings is 1. The van der Waals surface area contributed by atoms with Gasteiger partial charge >= 0.3 is 0 Å². The van der Waals surface area contributed by atoms with Gasteiger partial charge in [-0.2, -0.15) is 0 Å². The Morgan fingerprint density at radius 2 is 1.81 bits per heavy atom. The molecule has 4 saturated carbocycles. The van der Waals surface area contributed by atoms with Crippen LogP contribution in [0.3, 0.4) is 0 Å². The van der Waals surface area contributed by atoms with Crippen molar-refractivity contribution in [3.8, 4) is 5.69 Å². The van der Waals surface area contributed by atoms with Crippen LogP contribution in [0, 0.1) is 30.1 Å². The van der Waals surface area contributed by atoms with E-state index in [0.717, 1.165) is 66.8 Å². The fourth-order valence-electron chi connectivity index (χ4n) is 7.45. The molecule has 4 aliphatic carbocycles. The second-order valence-electron chi connectivity index (χ2n) is 10.5. The summed E-state index contributed by atoms with van der Waals surface area (Å²) < 4.78 is 1.59. The first-order chi connectivity index (χ1) is 15.5. The SMILES string of the molecule is Cc1c(NC(=O)[C@H]2CCCN2C(=O)C23CC4CC(CC(C4)C2)C3)cccc1-n1cnnn1. The molecule has 1 aromatic carbocycles. The molecule has 7 rings (SSSR count). The number of benzene rings is 1. The Kier molecular flexibility index (Phi) is 4.59. The minimum absolute atomic E-state index is 0.0856. The molecule has 0 radical (unpaired) electrons. The van der Waals surface area contributed by atoms with Gasteiger partial charge < -0.3 is 10.2 Å². The Morgan fingerprint density at radius 3 is 2.47 bits per heavy atom. The van der Waals surface area contributed by atoms with Gasteiger partial charge in [-0.1, -0.05) is 6.07 Å². The number of carbonyl (C=O) groups is 2. The Bertz CT molecular complexity index is 1010. The lowest BCUT2D eigenvalue weighted by Crippen LogP contribution is -2.56. The van der Waals surface area contributed by atoms with Crippen LogP contribution in [0.15, 0.2) is 24.5 Å². The summed E-state index contributed by atoms with van der Waals surface area (Å²) in [4.78, 5) is 29.1. The molecule has 5 aliphatic rings. The van der Waals surface area contributed by atoms with E-state index in [4.69, 9.17) is 0 Å². The summed E-state index contributed by atoms with van der Waals surface area (Å²) in [5.41, 5.74) is 2.25. The van der Waals surface area contributed by atoms with Gasteiger partial charge in [0.15, 0.2) is 0 Å². The van der Waals surface area contributed by atoms with Crippen molar-refractivity contribution in [2.24, 2.45) is 23.2 Å². The van der Waals surface area contributed by atoms with Crippen molar-refractivity contribution in [2.45, 2.75) is 64.3 Å². The number of amides is 2. The number of nitrogens with zero attached hydrogens (tertiary/aromatic N) is 5. The van der Waals surface area contributed by atoms with Crippen molar-refractivity contribution >= 4 is 17.5 Å². The van der Waals surface area contributed by atoms with Crippen LogP contribution >= 0.6 is 0 Å². The molecule has 2 amide bonds. The van der Waals surface area contributed by atoms with Gasteiger partial charge in [0, 0.05) is 12.2 Å². The third-order valence-corrected chi connectivity index (χ3v) is 8.47. The smallest absolute Gasteiger partial charge is 0.247 e. The predicted molar refractivity (Wildman–Crippen MR) is 118 cm³/mol. The van der Waals surface area contributed by atoms with E-state index in [1.807, 2.05) is 30.0 Å². The molecule has 1 aromatic heterocycles. The lowest BCUT2D eigenvalue weighted by Gasteiger charge is -2.56. The molecule has 1 N–H and O–H groups in total. The first-order valence-corrected chi connectivity index (χ1v) is 12.0. The summed E-state index contributed by atoms with van der Waals surface area (Å²) in [5.74, 6) is 2.33. The molecular weight excluding hydrogens is 404 g/mol. The van der Waals surface area contributed by atoms with E-state index >= 15 is 0 Å². The molecule has 2 aromatic rings. The molecule has 8 nitrogen and oxygen atoms in total. The van der Waals surface area contributed by atoms with Crippen molar-refractivity contribution in [1.82, 2.24) is 25.1 Å². The molecule has 8 heteroatoms. The van der Waals surface area contributed by atoms with E-state index in [1.165, 1.54) is 25.6 Å². The van der Waals surface area contributed by atoms with Crippen LogP contribution in [0.1, 0.15) is 56.9 Å². The van der Waals surface area contributed by atoms with Crippen LogP contribution in [-0.2, 0) is 9.59 Å². The third kappa shape index (κ3) is 3.14. The molecule has 168 valence electrons. The Morgan fingerprint density at radius 1 is 1.09 bits per heavy atom. The molecule has 2 heterocycles. The van der Waals surface area contributed by atoms with Crippen LogP contribution in [0.25, 0.3) is 5.69 Å². The van der Waals surface area contributed by atoms with E-state index in [1.54, 1.807) is 4.68 Å². The summed E-state index contributed by atoms with van der Waals surface area (Å²) in [6.45, 7) is 2.64. The molecule has 1 atom stereocenters. The molecule has 5 fully saturated rings. The minimum atomic E-state index is -0.383. The first kappa shape index (κ1) is 19.9. The lowest BCUT2D eigenvalue weighted by molar-refractivity contribution is -0.160. The lowest BCUT2D eigenvalue weighted by atomic mass is 9.49. The number of rotatable bonds is 4. The van der Waals surface area contributed by atoms with Crippen molar-refractivity contribution in [1.29, 1.82) is 0 Å². The van der Waals surface area contributed by atoms with Gasteiger partial charge in [-0.15, -0.1) is 5.10 Å². The van der Waals surface area contributed by atoms with E-state index < -0.39 is 0 Å². The zero-order valence-electron chi connectivity index (χ0n) is 18.5. The molecular formula is C24H30N6O2. The van der Waals surface area contributed by atoms with E-state index in [2.05, 4.69) is 20.8 Å². The molecule has 0 spiro atoms. The van der Waals surface area contributed by atoms with Crippen molar-refractivity contribution in [2.75, 3.05) is 11.9 Å². The molecule has 1 saturated heterocycles. The Balaban J connectivity index is 1.21. The molecule has 32 heavy (non-hydrogen) atoms. The van der Waals surface area contributed by atoms with E-state index in [0.29, 0.717) is 6.54 Å². The highest BCUT2D eigenvalue weighted by atomic mass is 16.2. The fraction of sp³-hybridized carbons (Fsp3) is 0.625. The number of aromatic nitrogens is 4. The zero-order chi connectivity index (χ0) is 21.9. The van der Waals surface area contributed by atoms with Gasteiger partial charge in [-0.05, 0) is 104 Å². The minimum Gasteiger partial charge on any atom is -0.330 e. The van der Waals surface area contributed by atoms with Crippen molar-refractivity contribution in [3.63, 3.8) is 0 Å². The van der Waals surface area contributed by atoms with Gasteiger partial charge in [-0.25, -0.2) is 4.68 Å². The number of hydrogen-bond acceptors (Lipinski definition) is 5. The van der Waals surface area contributed by atoms with Gasteiger partial charge in [0.1, 0.15) is 12.4 Å². The number of anilines is 1. The van der Waals surface area contributed by atoms with Crippen LogP contribution in [0.2, 0.25) is 0 Å². The summed E-state index contributed by atoms with van der Waals surface area (Å²) in [6, 6.07) is 5.31. The Labute approximate surface area is 187 Å². The number of nitrogens with one attached hydrogen (secondary N) is 1. The third-order valence-electron chi connectivity index (χ3n) is 8.47. The van der Waals surface area contributed by atoms with Crippen LogP contribution in [0.5, 0.6) is 0 Å². The largest absolute Gasteiger partial charge is 0.330 e. The van der Waals surface area contributed by atoms with Gasteiger partial charge in [0.2, 0.25) is 11.8 Å². The first-order valence-electron chi connectivity index (χ1n) is 12.0. The van der Waals surface area contributed by atoms with Crippen LogP contribution in [0.4, 0.5) is 5.69 Å². The van der Waals surface area contributed by atoms with E-state index in [9.17, 15) is 9.59 Å². The van der Waals surface area contributed by atoms with Gasteiger partial charge in [0.25, 0.3) is 0 Å². The average Bonchev–Trinajstić information content (AvgIpc) is 3.46. The second kappa shape index (κ2) is 7.39. The maximum Gasteiger partial charge on any atom is 0.247 e. The number of carbonyl (C=O) groups excluding carboxylic acids is 2. The summed E-state index contributed by atoms with van der Waals surface area (Å²) in [7, 11) is 0. The summed E-state index contributed by atoms with van der Waals surface area (Å²) in [5, 5.41) is 14.5. The molecule has 1 aliphatic heterocycles. The molecule has 4 bridgehead atoms. The monoisotopic (exact) mass is 434 g/mol. The van der Waals surface area contributed by atoms with Gasteiger partial charge in [-0.3, -0.25) is 9.59 Å². The zero-order valence-corrected chi connectivity index (χ0v) is 18.5.